The number of ether oxygens (including phenoxy) is 2. The van der Waals surface area contributed by atoms with Crippen LogP contribution in [0.5, 0.6) is 5.75 Å². The molecule has 0 aromatic heterocycles. The van der Waals surface area contributed by atoms with E-state index in [4.69, 9.17) is 9.47 Å². The van der Waals surface area contributed by atoms with E-state index in [2.05, 4.69) is 10.6 Å². The van der Waals surface area contributed by atoms with Gasteiger partial charge in [-0.15, -0.1) is 0 Å². The number of carbonyl (C=O) groups is 2. The first-order valence-corrected chi connectivity index (χ1v) is 8.55. The van der Waals surface area contributed by atoms with Crippen LogP contribution >= 0.6 is 0 Å². The normalized spacial score (nSPS) is 13.0. The third-order valence-corrected chi connectivity index (χ3v) is 3.94. The van der Waals surface area contributed by atoms with Gasteiger partial charge in [0.15, 0.2) is 6.61 Å². The highest BCUT2D eigenvalue weighted by Gasteiger charge is 2.17. The van der Waals surface area contributed by atoms with E-state index in [0.717, 1.165) is 11.1 Å². The number of fused-ring (bicyclic) bond motifs is 1. The maximum Gasteiger partial charge on any atom is 0.262 e. The van der Waals surface area contributed by atoms with E-state index >= 15 is 0 Å². The Balaban J connectivity index is 1.56. The van der Waals surface area contributed by atoms with Gasteiger partial charge in [0.05, 0.1) is 18.4 Å². The Hall–Kier alpha value is -2.86. The molecule has 136 valence electrons. The van der Waals surface area contributed by atoms with E-state index in [1.54, 1.807) is 18.2 Å². The van der Waals surface area contributed by atoms with Gasteiger partial charge in [0, 0.05) is 12.1 Å². The SMILES string of the molecule is CC(C)OCc1ccc(CNC(=O)c2ccc3c(c2)OCC(=O)N3)cc1. The monoisotopic (exact) mass is 354 g/mol. The minimum Gasteiger partial charge on any atom is -0.482 e. The topological polar surface area (TPSA) is 76.7 Å². The van der Waals surface area contributed by atoms with Gasteiger partial charge < -0.3 is 20.1 Å². The molecule has 6 heteroatoms. The van der Waals surface area contributed by atoms with E-state index in [-0.39, 0.29) is 24.5 Å². The number of hydrogen-bond acceptors (Lipinski definition) is 4. The highest BCUT2D eigenvalue weighted by molar-refractivity contribution is 5.98. The summed E-state index contributed by atoms with van der Waals surface area (Å²) in [6, 6.07) is 12.9. The summed E-state index contributed by atoms with van der Waals surface area (Å²) in [7, 11) is 0. The predicted octanol–water partition coefficient (Wildman–Crippen LogP) is 2.87. The van der Waals surface area contributed by atoms with Crippen molar-refractivity contribution in [1.82, 2.24) is 5.32 Å². The van der Waals surface area contributed by atoms with Crippen LogP contribution < -0.4 is 15.4 Å². The molecule has 1 aliphatic heterocycles. The second kappa shape index (κ2) is 8.01. The van der Waals surface area contributed by atoms with Crippen LogP contribution in [-0.4, -0.2) is 24.5 Å². The van der Waals surface area contributed by atoms with Crippen molar-refractivity contribution in [3.05, 3.63) is 59.2 Å². The largest absolute Gasteiger partial charge is 0.482 e. The lowest BCUT2D eigenvalue weighted by atomic mass is 10.1. The average molecular weight is 354 g/mol. The van der Waals surface area contributed by atoms with Crippen LogP contribution in [0, 0.1) is 0 Å². The minimum absolute atomic E-state index is 0.0368. The Labute approximate surface area is 152 Å². The van der Waals surface area contributed by atoms with Gasteiger partial charge in [-0.25, -0.2) is 0 Å². The number of nitrogens with one attached hydrogen (secondary N) is 2. The van der Waals surface area contributed by atoms with Crippen LogP contribution in [0.25, 0.3) is 0 Å². The predicted molar refractivity (Wildman–Crippen MR) is 98.1 cm³/mol. The molecule has 2 amide bonds. The van der Waals surface area contributed by atoms with Gasteiger partial charge in [0.25, 0.3) is 11.8 Å². The molecular formula is C20H22N2O4. The highest BCUT2D eigenvalue weighted by atomic mass is 16.5. The lowest BCUT2D eigenvalue weighted by Gasteiger charge is -2.18. The third kappa shape index (κ3) is 4.61. The first kappa shape index (κ1) is 17.9. The maximum absolute atomic E-state index is 12.3. The van der Waals surface area contributed by atoms with Gasteiger partial charge in [-0.3, -0.25) is 9.59 Å². The zero-order valence-corrected chi connectivity index (χ0v) is 14.9. The van der Waals surface area contributed by atoms with Crippen molar-refractivity contribution in [2.75, 3.05) is 11.9 Å². The van der Waals surface area contributed by atoms with Gasteiger partial charge in [-0.1, -0.05) is 24.3 Å². The lowest BCUT2D eigenvalue weighted by Crippen LogP contribution is -2.26. The summed E-state index contributed by atoms with van der Waals surface area (Å²) >= 11 is 0. The third-order valence-electron chi connectivity index (χ3n) is 3.94. The zero-order valence-electron chi connectivity index (χ0n) is 14.9. The summed E-state index contributed by atoms with van der Waals surface area (Å²) in [6.07, 6.45) is 0.197. The Kier molecular flexibility index (Phi) is 5.53. The fourth-order valence-electron chi connectivity index (χ4n) is 2.52. The second-order valence-electron chi connectivity index (χ2n) is 6.41. The molecule has 2 aromatic rings. The van der Waals surface area contributed by atoms with Crippen LogP contribution in [0.15, 0.2) is 42.5 Å². The van der Waals surface area contributed by atoms with Gasteiger partial charge in [-0.05, 0) is 43.2 Å². The summed E-state index contributed by atoms with van der Waals surface area (Å²) in [5.41, 5.74) is 3.18. The van der Waals surface area contributed by atoms with Crippen molar-refractivity contribution in [3.8, 4) is 5.75 Å². The minimum atomic E-state index is -0.197. The van der Waals surface area contributed by atoms with Crippen LogP contribution in [-0.2, 0) is 22.7 Å². The van der Waals surface area contributed by atoms with E-state index in [9.17, 15) is 9.59 Å². The van der Waals surface area contributed by atoms with Crippen LogP contribution in [0.3, 0.4) is 0 Å². The van der Waals surface area contributed by atoms with E-state index in [1.165, 1.54) is 0 Å². The van der Waals surface area contributed by atoms with Crippen molar-refractivity contribution >= 4 is 17.5 Å². The Morgan fingerprint density at radius 2 is 1.92 bits per heavy atom. The molecule has 2 N–H and O–H groups in total. The molecule has 0 bridgehead atoms. The second-order valence-corrected chi connectivity index (χ2v) is 6.41. The summed E-state index contributed by atoms with van der Waals surface area (Å²) < 4.78 is 10.9. The molecular weight excluding hydrogens is 332 g/mol. The quantitative estimate of drug-likeness (QED) is 0.836. The molecule has 0 aliphatic carbocycles. The van der Waals surface area contributed by atoms with Gasteiger partial charge in [0.2, 0.25) is 0 Å². The van der Waals surface area contributed by atoms with Crippen molar-refractivity contribution in [3.63, 3.8) is 0 Å². The van der Waals surface area contributed by atoms with Crippen LogP contribution in [0.1, 0.15) is 35.3 Å². The molecule has 0 spiro atoms. The molecule has 1 heterocycles. The molecule has 0 atom stereocenters. The molecule has 0 unspecified atom stereocenters. The highest BCUT2D eigenvalue weighted by Crippen LogP contribution is 2.28. The Morgan fingerprint density at radius 3 is 2.65 bits per heavy atom. The lowest BCUT2D eigenvalue weighted by molar-refractivity contribution is -0.118. The number of anilines is 1. The van der Waals surface area contributed by atoms with Crippen molar-refractivity contribution < 1.29 is 19.1 Å². The van der Waals surface area contributed by atoms with Crippen LogP contribution in [0.2, 0.25) is 0 Å². The molecule has 0 fully saturated rings. The molecule has 0 radical (unpaired) electrons. The number of rotatable bonds is 6. The summed E-state index contributed by atoms with van der Waals surface area (Å²) in [5.74, 6) is 0.115. The van der Waals surface area contributed by atoms with Gasteiger partial charge in [-0.2, -0.15) is 0 Å². The Bertz CT molecular complexity index is 800. The van der Waals surface area contributed by atoms with Crippen LogP contribution in [0.4, 0.5) is 5.69 Å². The molecule has 6 nitrogen and oxygen atoms in total. The van der Waals surface area contributed by atoms with Gasteiger partial charge in [0.1, 0.15) is 5.75 Å². The van der Waals surface area contributed by atoms with E-state index < -0.39 is 0 Å². The van der Waals surface area contributed by atoms with Crippen molar-refractivity contribution in [1.29, 1.82) is 0 Å². The fourth-order valence-corrected chi connectivity index (χ4v) is 2.52. The summed E-state index contributed by atoms with van der Waals surface area (Å²) in [5, 5.41) is 5.59. The first-order chi connectivity index (χ1) is 12.5. The van der Waals surface area contributed by atoms with E-state index in [1.807, 2.05) is 38.1 Å². The molecule has 0 saturated carbocycles. The fraction of sp³-hybridized carbons (Fsp3) is 0.300. The number of amides is 2. The summed E-state index contributed by atoms with van der Waals surface area (Å²) in [4.78, 5) is 23.6. The molecule has 3 rings (SSSR count). The van der Waals surface area contributed by atoms with Crippen molar-refractivity contribution in [2.24, 2.45) is 0 Å². The van der Waals surface area contributed by atoms with Gasteiger partial charge >= 0.3 is 0 Å². The number of benzene rings is 2. The maximum atomic E-state index is 12.3. The smallest absolute Gasteiger partial charge is 0.262 e. The molecule has 26 heavy (non-hydrogen) atoms. The average Bonchev–Trinajstić information content (AvgIpc) is 2.64. The number of hydrogen-bond donors (Lipinski definition) is 2. The molecule has 2 aromatic carbocycles. The Morgan fingerprint density at radius 1 is 1.19 bits per heavy atom. The molecule has 1 aliphatic rings. The zero-order chi connectivity index (χ0) is 18.5. The summed E-state index contributed by atoms with van der Waals surface area (Å²) in [6.45, 7) is 4.98. The first-order valence-electron chi connectivity index (χ1n) is 8.55. The number of carbonyl (C=O) groups excluding carboxylic acids is 2. The standard InChI is InChI=1S/C20H22N2O4/c1-13(2)25-11-15-5-3-14(4-6-15)10-21-20(24)16-7-8-17-18(9-16)26-12-19(23)22-17/h3-9,13H,10-12H2,1-2H3,(H,21,24)(H,22,23). The molecule has 0 saturated heterocycles. The van der Waals surface area contributed by atoms with E-state index in [0.29, 0.717) is 30.2 Å². The van der Waals surface area contributed by atoms with Crippen molar-refractivity contribution in [2.45, 2.75) is 33.1 Å².